The number of rotatable bonds is 7. The van der Waals surface area contributed by atoms with Gasteiger partial charge in [0.25, 0.3) is 0 Å². The van der Waals surface area contributed by atoms with Crippen molar-refractivity contribution in [2.24, 2.45) is 0 Å². The lowest BCUT2D eigenvalue weighted by atomic mass is 10.1. The molecule has 138 valence electrons. The van der Waals surface area contributed by atoms with Crippen molar-refractivity contribution in [2.75, 3.05) is 17.2 Å². The third kappa shape index (κ3) is 4.94. The Balaban J connectivity index is 1.72. The van der Waals surface area contributed by atoms with Gasteiger partial charge in [-0.25, -0.2) is 9.78 Å². The lowest BCUT2D eigenvalue weighted by Crippen LogP contribution is -2.12. The third-order valence-electron chi connectivity index (χ3n) is 3.93. The van der Waals surface area contributed by atoms with E-state index < -0.39 is 5.97 Å². The molecule has 0 saturated heterocycles. The minimum atomic E-state index is -1.10. The Bertz CT molecular complexity index is 942. The molecule has 0 atom stereocenters. The van der Waals surface area contributed by atoms with Crippen LogP contribution in [0.2, 0.25) is 0 Å². The Hall–Kier alpha value is -3.61. The van der Waals surface area contributed by atoms with Crippen molar-refractivity contribution in [1.82, 2.24) is 9.97 Å². The molecular formula is C20H20N4O3. The molecule has 0 fully saturated rings. The summed E-state index contributed by atoms with van der Waals surface area (Å²) in [7, 11) is 0. The van der Waals surface area contributed by atoms with Crippen LogP contribution in [-0.2, 0) is 6.42 Å². The Kier molecular flexibility index (Phi) is 5.51. The molecule has 1 aromatic heterocycles. The second-order valence-electron chi connectivity index (χ2n) is 6.10. The molecule has 0 spiro atoms. The highest BCUT2D eigenvalue weighted by molar-refractivity contribution is 5.93. The molecule has 1 heterocycles. The first-order chi connectivity index (χ1) is 13.0. The molecule has 7 nitrogen and oxygen atoms in total. The van der Waals surface area contributed by atoms with Gasteiger partial charge >= 0.3 is 5.97 Å². The fourth-order valence-corrected chi connectivity index (χ4v) is 2.56. The SMILES string of the molecule is Cc1cccc(Nc2nc(NCCc3ccc(O)cc3)ncc2C(=O)O)c1. The summed E-state index contributed by atoms with van der Waals surface area (Å²) in [4.78, 5) is 19.8. The predicted molar refractivity (Wildman–Crippen MR) is 104 cm³/mol. The topological polar surface area (TPSA) is 107 Å². The maximum absolute atomic E-state index is 11.5. The number of phenolic OH excluding ortho intramolecular Hbond substituents is 1. The average Bonchev–Trinajstić information content (AvgIpc) is 2.63. The molecule has 0 aliphatic rings. The summed E-state index contributed by atoms with van der Waals surface area (Å²) in [6, 6.07) is 14.6. The zero-order chi connectivity index (χ0) is 19.2. The van der Waals surface area contributed by atoms with Crippen molar-refractivity contribution < 1.29 is 15.0 Å². The number of hydrogen-bond donors (Lipinski definition) is 4. The number of anilines is 3. The van der Waals surface area contributed by atoms with E-state index in [0.717, 1.165) is 16.8 Å². The highest BCUT2D eigenvalue weighted by Gasteiger charge is 2.14. The Labute approximate surface area is 156 Å². The van der Waals surface area contributed by atoms with Gasteiger partial charge in [0, 0.05) is 18.4 Å². The largest absolute Gasteiger partial charge is 0.508 e. The van der Waals surface area contributed by atoms with Crippen LogP contribution in [0.15, 0.2) is 54.7 Å². The average molecular weight is 364 g/mol. The zero-order valence-corrected chi connectivity index (χ0v) is 14.8. The van der Waals surface area contributed by atoms with E-state index in [1.165, 1.54) is 6.20 Å². The van der Waals surface area contributed by atoms with Gasteiger partial charge in [-0.1, -0.05) is 24.3 Å². The van der Waals surface area contributed by atoms with Crippen LogP contribution >= 0.6 is 0 Å². The number of carbonyl (C=O) groups is 1. The standard InChI is InChI=1S/C20H20N4O3/c1-13-3-2-4-15(11-13)23-18-17(19(26)27)12-22-20(24-18)21-10-9-14-5-7-16(25)8-6-14/h2-8,11-12,25H,9-10H2,1H3,(H,26,27)(H2,21,22,23,24). The summed E-state index contributed by atoms with van der Waals surface area (Å²) < 4.78 is 0. The summed E-state index contributed by atoms with van der Waals surface area (Å²) >= 11 is 0. The predicted octanol–water partition coefficient (Wildman–Crippen LogP) is 3.59. The molecule has 3 rings (SSSR count). The van der Waals surface area contributed by atoms with Crippen LogP contribution in [0.4, 0.5) is 17.5 Å². The summed E-state index contributed by atoms with van der Waals surface area (Å²) in [6.45, 7) is 2.53. The normalized spacial score (nSPS) is 10.4. The first-order valence-electron chi connectivity index (χ1n) is 8.47. The first kappa shape index (κ1) is 18.2. The van der Waals surface area contributed by atoms with Crippen molar-refractivity contribution in [1.29, 1.82) is 0 Å². The quantitative estimate of drug-likeness (QED) is 0.507. The van der Waals surface area contributed by atoms with Gasteiger partial charge in [0.1, 0.15) is 11.3 Å². The van der Waals surface area contributed by atoms with Crippen LogP contribution in [0.5, 0.6) is 5.75 Å². The minimum absolute atomic E-state index is 0.000547. The summed E-state index contributed by atoms with van der Waals surface area (Å²) in [5, 5.41) is 24.8. The number of phenols is 1. The van der Waals surface area contributed by atoms with E-state index in [-0.39, 0.29) is 17.1 Å². The number of aromatic nitrogens is 2. The van der Waals surface area contributed by atoms with Crippen molar-refractivity contribution in [2.45, 2.75) is 13.3 Å². The van der Waals surface area contributed by atoms with Crippen LogP contribution in [0, 0.1) is 6.92 Å². The van der Waals surface area contributed by atoms with E-state index in [2.05, 4.69) is 20.6 Å². The molecule has 0 aliphatic carbocycles. The highest BCUT2D eigenvalue weighted by atomic mass is 16.4. The molecule has 7 heteroatoms. The Morgan fingerprint density at radius 1 is 1.15 bits per heavy atom. The van der Waals surface area contributed by atoms with Crippen molar-refractivity contribution in [3.63, 3.8) is 0 Å². The van der Waals surface area contributed by atoms with E-state index in [0.29, 0.717) is 18.9 Å². The fraction of sp³-hybridized carbons (Fsp3) is 0.150. The molecule has 0 radical (unpaired) electrons. The van der Waals surface area contributed by atoms with Gasteiger partial charge in [0.2, 0.25) is 5.95 Å². The van der Waals surface area contributed by atoms with Crippen molar-refractivity contribution in [3.8, 4) is 5.75 Å². The van der Waals surface area contributed by atoms with Crippen LogP contribution in [0.3, 0.4) is 0 Å². The number of carboxylic acids is 1. The van der Waals surface area contributed by atoms with Crippen LogP contribution < -0.4 is 10.6 Å². The number of aromatic carboxylic acids is 1. The Morgan fingerprint density at radius 2 is 1.93 bits per heavy atom. The number of aromatic hydroxyl groups is 1. The molecule has 3 aromatic rings. The molecule has 0 saturated carbocycles. The molecule has 4 N–H and O–H groups in total. The summed E-state index contributed by atoms with van der Waals surface area (Å²) in [5.74, 6) is -0.295. The maximum atomic E-state index is 11.5. The number of benzene rings is 2. The first-order valence-corrected chi connectivity index (χ1v) is 8.47. The second-order valence-corrected chi connectivity index (χ2v) is 6.10. The Morgan fingerprint density at radius 3 is 2.63 bits per heavy atom. The fourth-order valence-electron chi connectivity index (χ4n) is 2.56. The molecule has 27 heavy (non-hydrogen) atoms. The molecule has 2 aromatic carbocycles. The maximum Gasteiger partial charge on any atom is 0.341 e. The van der Waals surface area contributed by atoms with E-state index >= 15 is 0 Å². The number of carboxylic acid groups (broad SMARTS) is 1. The van der Waals surface area contributed by atoms with E-state index in [9.17, 15) is 15.0 Å². The van der Waals surface area contributed by atoms with Gasteiger partial charge in [0.15, 0.2) is 5.82 Å². The third-order valence-corrected chi connectivity index (χ3v) is 3.93. The van der Waals surface area contributed by atoms with Gasteiger partial charge in [-0.3, -0.25) is 0 Å². The lowest BCUT2D eigenvalue weighted by Gasteiger charge is -2.11. The highest BCUT2D eigenvalue weighted by Crippen LogP contribution is 2.20. The van der Waals surface area contributed by atoms with Crippen LogP contribution in [0.25, 0.3) is 0 Å². The van der Waals surface area contributed by atoms with E-state index in [1.54, 1.807) is 12.1 Å². The van der Waals surface area contributed by atoms with Gasteiger partial charge in [0.05, 0.1) is 0 Å². The van der Waals surface area contributed by atoms with Gasteiger partial charge in [-0.05, 0) is 48.7 Å². The molecule has 0 unspecified atom stereocenters. The molecule has 0 amide bonds. The van der Waals surface area contributed by atoms with Gasteiger partial charge < -0.3 is 20.8 Å². The van der Waals surface area contributed by atoms with Gasteiger partial charge in [-0.2, -0.15) is 4.98 Å². The summed E-state index contributed by atoms with van der Waals surface area (Å²) in [6.07, 6.45) is 2.00. The minimum Gasteiger partial charge on any atom is -0.508 e. The van der Waals surface area contributed by atoms with Crippen molar-refractivity contribution >= 4 is 23.4 Å². The van der Waals surface area contributed by atoms with E-state index in [4.69, 9.17) is 0 Å². The zero-order valence-electron chi connectivity index (χ0n) is 14.8. The number of aryl methyl sites for hydroxylation is 1. The number of nitrogens with one attached hydrogen (secondary N) is 2. The number of nitrogens with zero attached hydrogens (tertiary/aromatic N) is 2. The van der Waals surface area contributed by atoms with Crippen molar-refractivity contribution in [3.05, 3.63) is 71.4 Å². The smallest absolute Gasteiger partial charge is 0.341 e. The van der Waals surface area contributed by atoms with E-state index in [1.807, 2.05) is 43.3 Å². The lowest BCUT2D eigenvalue weighted by molar-refractivity contribution is 0.0697. The second kappa shape index (κ2) is 8.18. The molecule has 0 aliphatic heterocycles. The molecular weight excluding hydrogens is 344 g/mol. The number of hydrogen-bond acceptors (Lipinski definition) is 6. The molecule has 0 bridgehead atoms. The summed E-state index contributed by atoms with van der Waals surface area (Å²) in [5.41, 5.74) is 2.87. The van der Waals surface area contributed by atoms with Gasteiger partial charge in [-0.15, -0.1) is 0 Å². The van der Waals surface area contributed by atoms with Crippen LogP contribution in [0.1, 0.15) is 21.5 Å². The van der Waals surface area contributed by atoms with Crippen LogP contribution in [-0.4, -0.2) is 32.7 Å². The monoisotopic (exact) mass is 364 g/mol.